The third kappa shape index (κ3) is 4.01. The zero-order chi connectivity index (χ0) is 15.4. The minimum absolute atomic E-state index is 0.0621. The van der Waals surface area contributed by atoms with Gasteiger partial charge in [-0.25, -0.2) is 0 Å². The molecule has 4 nitrogen and oxygen atoms in total. The first-order valence-corrected chi connectivity index (χ1v) is 8.29. The maximum atomic E-state index is 12.5. The van der Waals surface area contributed by atoms with Gasteiger partial charge in [0.15, 0.2) is 0 Å². The Morgan fingerprint density at radius 2 is 2.10 bits per heavy atom. The number of rotatable bonds is 5. The summed E-state index contributed by atoms with van der Waals surface area (Å²) < 4.78 is 1.91. The molecule has 118 valence electrons. The van der Waals surface area contributed by atoms with Crippen molar-refractivity contribution < 1.29 is 4.79 Å². The molecule has 1 saturated carbocycles. The monoisotopic (exact) mass is 311 g/mol. The molecule has 0 radical (unpaired) electrons. The van der Waals surface area contributed by atoms with Crippen LogP contribution in [0.1, 0.15) is 62.5 Å². The summed E-state index contributed by atoms with van der Waals surface area (Å²) in [6.07, 6.45) is 7.91. The summed E-state index contributed by atoms with van der Waals surface area (Å²) in [5, 5.41) is 3.71. The van der Waals surface area contributed by atoms with Crippen molar-refractivity contribution in [3.05, 3.63) is 23.0 Å². The minimum Gasteiger partial charge on any atom is -0.346 e. The van der Waals surface area contributed by atoms with Gasteiger partial charge in [0.05, 0.1) is 5.02 Å². The van der Waals surface area contributed by atoms with E-state index in [1.54, 1.807) is 12.3 Å². The second-order valence-electron chi connectivity index (χ2n) is 6.26. The second-order valence-corrected chi connectivity index (χ2v) is 6.69. The van der Waals surface area contributed by atoms with Crippen molar-refractivity contribution in [2.45, 2.75) is 58.0 Å². The number of nitrogens with zero attached hydrogens (tertiary/aromatic N) is 1. The molecule has 1 aliphatic rings. The number of carbonyl (C=O) groups is 1. The number of nitrogens with two attached hydrogens (primary N) is 1. The van der Waals surface area contributed by atoms with Crippen LogP contribution in [0.4, 0.5) is 0 Å². The van der Waals surface area contributed by atoms with Gasteiger partial charge in [-0.2, -0.15) is 0 Å². The molecule has 1 unspecified atom stereocenters. The highest BCUT2D eigenvalue weighted by molar-refractivity contribution is 6.31. The maximum absolute atomic E-state index is 12.5. The molecule has 1 atom stereocenters. The van der Waals surface area contributed by atoms with Crippen molar-refractivity contribution in [2.24, 2.45) is 11.7 Å². The molecule has 5 heteroatoms. The van der Waals surface area contributed by atoms with Gasteiger partial charge in [0.2, 0.25) is 0 Å². The van der Waals surface area contributed by atoms with Gasteiger partial charge in [-0.3, -0.25) is 4.79 Å². The van der Waals surface area contributed by atoms with Gasteiger partial charge in [-0.15, -0.1) is 0 Å². The van der Waals surface area contributed by atoms with Crippen molar-refractivity contribution in [1.29, 1.82) is 0 Å². The summed E-state index contributed by atoms with van der Waals surface area (Å²) in [4.78, 5) is 12.5. The standard InChI is InChI=1S/C16H26ClN3O/c1-11(2)20-10-13(17)8-15(20)16(21)19-14(9-18)12-6-4-3-5-7-12/h8,10-12,14H,3-7,9,18H2,1-2H3,(H,19,21). The average Bonchev–Trinajstić information content (AvgIpc) is 2.88. The normalized spacial score (nSPS) is 18.0. The van der Waals surface area contributed by atoms with Crippen LogP contribution in [0.2, 0.25) is 5.02 Å². The lowest BCUT2D eigenvalue weighted by molar-refractivity contribution is 0.0904. The molecule has 1 aromatic rings. The van der Waals surface area contributed by atoms with Crippen LogP contribution < -0.4 is 11.1 Å². The summed E-state index contributed by atoms with van der Waals surface area (Å²) in [6, 6.07) is 1.99. The van der Waals surface area contributed by atoms with Crippen molar-refractivity contribution in [3.8, 4) is 0 Å². The average molecular weight is 312 g/mol. The number of aromatic nitrogens is 1. The molecule has 0 spiro atoms. The lowest BCUT2D eigenvalue weighted by Crippen LogP contribution is -2.46. The van der Waals surface area contributed by atoms with E-state index in [-0.39, 0.29) is 18.0 Å². The Labute approximate surface area is 132 Å². The van der Waals surface area contributed by atoms with Crippen LogP contribution in [0, 0.1) is 5.92 Å². The highest BCUT2D eigenvalue weighted by Gasteiger charge is 2.25. The smallest absolute Gasteiger partial charge is 0.268 e. The van der Waals surface area contributed by atoms with Crippen molar-refractivity contribution in [2.75, 3.05) is 6.54 Å². The van der Waals surface area contributed by atoms with E-state index in [2.05, 4.69) is 5.32 Å². The lowest BCUT2D eigenvalue weighted by atomic mass is 9.84. The van der Waals surface area contributed by atoms with Gasteiger partial charge >= 0.3 is 0 Å². The number of amides is 1. The van der Waals surface area contributed by atoms with E-state index in [0.29, 0.717) is 23.2 Å². The largest absolute Gasteiger partial charge is 0.346 e. The molecule has 0 saturated heterocycles. The molecule has 0 aromatic carbocycles. The summed E-state index contributed by atoms with van der Waals surface area (Å²) >= 11 is 6.05. The van der Waals surface area contributed by atoms with E-state index in [1.807, 2.05) is 18.4 Å². The first kappa shape index (κ1) is 16.4. The number of carbonyl (C=O) groups excluding carboxylic acids is 1. The van der Waals surface area contributed by atoms with Crippen LogP contribution in [0.25, 0.3) is 0 Å². The van der Waals surface area contributed by atoms with Crippen molar-refractivity contribution in [3.63, 3.8) is 0 Å². The Kier molecular flexibility index (Phi) is 5.71. The first-order valence-electron chi connectivity index (χ1n) is 7.91. The fraction of sp³-hybridized carbons (Fsp3) is 0.688. The molecule has 1 aliphatic carbocycles. The molecule has 0 bridgehead atoms. The molecule has 1 fully saturated rings. The fourth-order valence-electron chi connectivity index (χ4n) is 3.20. The molecule has 1 aromatic heterocycles. The maximum Gasteiger partial charge on any atom is 0.268 e. The number of halogens is 1. The Balaban J connectivity index is 2.08. The van der Waals surface area contributed by atoms with Gasteiger partial charge in [0, 0.05) is 24.8 Å². The number of hydrogen-bond acceptors (Lipinski definition) is 2. The number of nitrogens with one attached hydrogen (secondary N) is 1. The molecular formula is C16H26ClN3O. The summed E-state index contributed by atoms with van der Waals surface area (Å²) in [5.41, 5.74) is 6.50. The summed E-state index contributed by atoms with van der Waals surface area (Å²) in [7, 11) is 0. The van der Waals surface area contributed by atoms with E-state index in [1.165, 1.54) is 19.3 Å². The van der Waals surface area contributed by atoms with Crippen LogP contribution in [-0.2, 0) is 0 Å². The van der Waals surface area contributed by atoms with Crippen LogP contribution in [0.3, 0.4) is 0 Å². The van der Waals surface area contributed by atoms with E-state index < -0.39 is 0 Å². The Bertz CT molecular complexity index is 478. The highest BCUT2D eigenvalue weighted by atomic mass is 35.5. The van der Waals surface area contributed by atoms with Gasteiger partial charge in [-0.05, 0) is 38.7 Å². The third-order valence-corrected chi connectivity index (χ3v) is 4.60. The Hall–Kier alpha value is -1.00. The fourth-order valence-corrected chi connectivity index (χ4v) is 3.41. The van der Waals surface area contributed by atoms with Crippen molar-refractivity contribution in [1.82, 2.24) is 9.88 Å². The molecule has 1 amide bonds. The van der Waals surface area contributed by atoms with E-state index >= 15 is 0 Å². The molecule has 2 rings (SSSR count). The topological polar surface area (TPSA) is 60.0 Å². The zero-order valence-electron chi connectivity index (χ0n) is 12.9. The first-order chi connectivity index (χ1) is 10.0. The van der Waals surface area contributed by atoms with Crippen LogP contribution in [0.15, 0.2) is 12.3 Å². The van der Waals surface area contributed by atoms with E-state index in [4.69, 9.17) is 17.3 Å². The van der Waals surface area contributed by atoms with Crippen molar-refractivity contribution >= 4 is 17.5 Å². The Morgan fingerprint density at radius 3 is 2.67 bits per heavy atom. The van der Waals surface area contributed by atoms with Crippen LogP contribution in [0.5, 0.6) is 0 Å². The van der Waals surface area contributed by atoms with E-state index in [9.17, 15) is 4.79 Å². The summed E-state index contributed by atoms with van der Waals surface area (Å²) in [5.74, 6) is 0.433. The lowest BCUT2D eigenvalue weighted by Gasteiger charge is -2.30. The highest BCUT2D eigenvalue weighted by Crippen LogP contribution is 2.26. The molecule has 1 heterocycles. The van der Waals surface area contributed by atoms with Crippen LogP contribution in [-0.4, -0.2) is 23.1 Å². The van der Waals surface area contributed by atoms with E-state index in [0.717, 1.165) is 12.8 Å². The molecule has 3 N–H and O–H groups in total. The van der Waals surface area contributed by atoms with Gasteiger partial charge in [0.25, 0.3) is 5.91 Å². The predicted octanol–water partition coefficient (Wildman–Crippen LogP) is 3.36. The third-order valence-electron chi connectivity index (χ3n) is 4.39. The quantitative estimate of drug-likeness (QED) is 0.876. The van der Waals surface area contributed by atoms with Gasteiger partial charge < -0.3 is 15.6 Å². The predicted molar refractivity (Wildman–Crippen MR) is 86.7 cm³/mol. The summed E-state index contributed by atoms with van der Waals surface area (Å²) in [6.45, 7) is 4.57. The molecule has 0 aliphatic heterocycles. The van der Waals surface area contributed by atoms with Gasteiger partial charge in [0.1, 0.15) is 5.69 Å². The minimum atomic E-state index is -0.0726. The zero-order valence-corrected chi connectivity index (χ0v) is 13.7. The molecular weight excluding hydrogens is 286 g/mol. The SMILES string of the molecule is CC(C)n1cc(Cl)cc1C(=O)NC(CN)C1CCCCC1. The van der Waals surface area contributed by atoms with Crippen LogP contribution >= 0.6 is 11.6 Å². The number of hydrogen-bond donors (Lipinski definition) is 2. The second kappa shape index (κ2) is 7.32. The van der Waals surface area contributed by atoms with Gasteiger partial charge in [-0.1, -0.05) is 30.9 Å². The Morgan fingerprint density at radius 1 is 1.43 bits per heavy atom. The molecule has 21 heavy (non-hydrogen) atoms.